The van der Waals surface area contributed by atoms with Crippen LogP contribution in [-0.2, 0) is 38.1 Å². The number of rotatable bonds is 13. The number of esters is 4. The molecule has 0 heterocycles. The Morgan fingerprint density at radius 3 is 1.75 bits per heavy atom. The Bertz CT molecular complexity index is 550. The van der Waals surface area contributed by atoms with Gasteiger partial charge in [-0.1, -0.05) is 20.1 Å². The van der Waals surface area contributed by atoms with Crippen LogP contribution in [0.25, 0.3) is 0 Å². The molecule has 0 amide bonds. The number of carbonyl (C=O) groups is 4. The maximum absolute atomic E-state index is 11.8. The van der Waals surface area contributed by atoms with E-state index in [0.717, 1.165) is 0 Å². The van der Waals surface area contributed by atoms with Crippen molar-refractivity contribution in [2.45, 2.75) is 32.9 Å². The fourth-order valence-corrected chi connectivity index (χ4v) is 3.58. The first-order valence-electron chi connectivity index (χ1n) is 8.24. The van der Waals surface area contributed by atoms with Gasteiger partial charge in [-0.3, -0.25) is 9.59 Å². The zero-order valence-corrected chi connectivity index (χ0v) is 18.1. The first-order valence-corrected chi connectivity index (χ1v) is 10.4. The first kappa shape index (κ1) is 26.1. The van der Waals surface area contributed by atoms with Crippen molar-refractivity contribution >= 4 is 47.4 Å². The van der Waals surface area contributed by atoms with Crippen LogP contribution in [0.5, 0.6) is 0 Å². The third-order valence-corrected chi connectivity index (χ3v) is 5.62. The maximum atomic E-state index is 11.8. The molecule has 0 aromatic carbocycles. The maximum Gasteiger partial charge on any atom is 0.335 e. The predicted molar refractivity (Wildman–Crippen MR) is 107 cm³/mol. The normalized spacial score (nSPS) is 12.3. The van der Waals surface area contributed by atoms with Crippen molar-refractivity contribution in [1.82, 2.24) is 0 Å². The van der Waals surface area contributed by atoms with Crippen LogP contribution in [0.2, 0.25) is 0 Å². The van der Waals surface area contributed by atoms with Gasteiger partial charge in [-0.2, -0.15) is 11.8 Å². The van der Waals surface area contributed by atoms with Gasteiger partial charge in [0.05, 0.1) is 5.92 Å². The molecule has 10 heteroatoms. The van der Waals surface area contributed by atoms with Gasteiger partial charge in [0, 0.05) is 22.0 Å². The topological polar surface area (TPSA) is 105 Å². The molecule has 0 aliphatic heterocycles. The third-order valence-electron chi connectivity index (χ3n) is 2.98. The second-order valence-electron chi connectivity index (χ2n) is 5.79. The van der Waals surface area contributed by atoms with E-state index in [1.165, 1.54) is 37.4 Å². The van der Waals surface area contributed by atoms with Gasteiger partial charge in [-0.05, 0) is 20.8 Å². The highest BCUT2D eigenvalue weighted by Gasteiger charge is 2.18. The summed E-state index contributed by atoms with van der Waals surface area (Å²) in [6.45, 7) is 12.3. The fraction of sp³-hybridized carbons (Fsp3) is 0.556. The highest BCUT2D eigenvalue weighted by molar-refractivity contribution is 8.16. The van der Waals surface area contributed by atoms with E-state index >= 15 is 0 Å². The Hall–Kier alpha value is -1.94. The molecule has 28 heavy (non-hydrogen) atoms. The van der Waals surface area contributed by atoms with Crippen molar-refractivity contribution in [2.75, 3.05) is 24.4 Å². The van der Waals surface area contributed by atoms with Gasteiger partial charge >= 0.3 is 23.9 Å². The van der Waals surface area contributed by atoms with Crippen LogP contribution in [0.15, 0.2) is 24.3 Å². The van der Waals surface area contributed by atoms with Crippen molar-refractivity contribution in [3.8, 4) is 0 Å². The Balaban J connectivity index is 3.91. The van der Waals surface area contributed by atoms with E-state index in [1.54, 1.807) is 13.8 Å². The molecule has 0 spiro atoms. The zero-order valence-electron chi connectivity index (χ0n) is 16.5. The van der Waals surface area contributed by atoms with Crippen LogP contribution in [-0.4, -0.2) is 53.6 Å². The average molecular weight is 435 g/mol. The monoisotopic (exact) mass is 434 g/mol. The van der Waals surface area contributed by atoms with Crippen molar-refractivity contribution in [2.24, 2.45) is 5.92 Å². The Morgan fingerprint density at radius 1 is 0.821 bits per heavy atom. The molecule has 0 fully saturated rings. The van der Waals surface area contributed by atoms with Crippen LogP contribution >= 0.6 is 23.5 Å². The Kier molecular flexibility index (Phi) is 13.1. The standard InChI is InChI=1S/C18H26O8S2/c1-11(2)15(19)23-8-25-17(21)13(5)7-27-10-28-14(6)18(22)26-9-24-16(20)12(3)4/h13-14H,1,3,7-10H2,2,4-6H3. The van der Waals surface area contributed by atoms with Crippen molar-refractivity contribution < 1.29 is 38.1 Å². The van der Waals surface area contributed by atoms with Gasteiger partial charge in [0.1, 0.15) is 5.25 Å². The molecule has 0 aromatic rings. The molecule has 0 N–H and O–H groups in total. The third kappa shape index (κ3) is 11.7. The van der Waals surface area contributed by atoms with E-state index in [-0.39, 0.29) is 11.1 Å². The van der Waals surface area contributed by atoms with E-state index in [9.17, 15) is 19.2 Å². The summed E-state index contributed by atoms with van der Waals surface area (Å²) in [7, 11) is 0. The number of hydrogen-bond acceptors (Lipinski definition) is 10. The van der Waals surface area contributed by atoms with Crippen molar-refractivity contribution in [3.63, 3.8) is 0 Å². The van der Waals surface area contributed by atoms with Crippen LogP contribution < -0.4 is 0 Å². The first-order chi connectivity index (χ1) is 13.1. The Morgan fingerprint density at radius 2 is 1.29 bits per heavy atom. The molecule has 0 bridgehead atoms. The lowest BCUT2D eigenvalue weighted by molar-refractivity contribution is -0.167. The molecule has 8 nitrogen and oxygen atoms in total. The largest absolute Gasteiger partial charge is 0.428 e. The highest BCUT2D eigenvalue weighted by atomic mass is 32.2. The molecule has 0 aliphatic carbocycles. The quantitative estimate of drug-likeness (QED) is 0.186. The lowest BCUT2D eigenvalue weighted by Gasteiger charge is -2.13. The minimum absolute atomic E-state index is 0.219. The van der Waals surface area contributed by atoms with Crippen molar-refractivity contribution in [1.29, 1.82) is 0 Å². The average Bonchev–Trinajstić information content (AvgIpc) is 2.63. The summed E-state index contributed by atoms with van der Waals surface area (Å²) in [6.07, 6.45) is 0. The summed E-state index contributed by atoms with van der Waals surface area (Å²) < 4.78 is 19.1. The summed E-state index contributed by atoms with van der Waals surface area (Å²) in [5, 5.41) is 0.0872. The molecular formula is C18H26O8S2. The zero-order chi connectivity index (χ0) is 21.7. The van der Waals surface area contributed by atoms with Crippen LogP contribution in [0, 0.1) is 5.92 Å². The summed E-state index contributed by atoms with van der Waals surface area (Å²) in [5.41, 5.74) is 0.440. The van der Waals surface area contributed by atoms with E-state index in [2.05, 4.69) is 22.6 Å². The summed E-state index contributed by atoms with van der Waals surface area (Å²) in [4.78, 5) is 45.9. The molecule has 0 saturated heterocycles. The summed E-state index contributed by atoms with van der Waals surface area (Å²) in [5.74, 6) is -2.18. The summed E-state index contributed by atoms with van der Waals surface area (Å²) in [6, 6.07) is 0. The predicted octanol–water partition coefficient (Wildman–Crippen LogP) is 2.67. The van der Waals surface area contributed by atoms with E-state index in [4.69, 9.17) is 9.47 Å². The fourth-order valence-electron chi connectivity index (χ4n) is 1.30. The van der Waals surface area contributed by atoms with Gasteiger partial charge in [0.2, 0.25) is 13.6 Å². The van der Waals surface area contributed by atoms with E-state index in [0.29, 0.717) is 10.8 Å². The second-order valence-corrected chi connectivity index (χ2v) is 8.51. The van der Waals surface area contributed by atoms with Gasteiger partial charge in [-0.15, -0.1) is 11.8 Å². The van der Waals surface area contributed by atoms with Gasteiger partial charge in [-0.25, -0.2) is 9.59 Å². The molecule has 2 unspecified atom stereocenters. The van der Waals surface area contributed by atoms with Gasteiger partial charge in [0.15, 0.2) is 0 Å². The lowest BCUT2D eigenvalue weighted by Crippen LogP contribution is -2.21. The number of ether oxygens (including phenoxy) is 4. The SMILES string of the molecule is C=C(C)C(=O)OCOC(=O)C(C)CSCSC(C)C(=O)OCOC(=O)C(=C)C. The Labute approximate surface area is 173 Å². The number of thioether (sulfide) groups is 2. The van der Waals surface area contributed by atoms with Gasteiger partial charge in [0.25, 0.3) is 0 Å². The van der Waals surface area contributed by atoms with Crippen LogP contribution in [0.1, 0.15) is 27.7 Å². The lowest BCUT2D eigenvalue weighted by atomic mass is 10.2. The minimum Gasteiger partial charge on any atom is -0.428 e. The van der Waals surface area contributed by atoms with Crippen LogP contribution in [0.4, 0.5) is 0 Å². The summed E-state index contributed by atoms with van der Waals surface area (Å²) >= 11 is 2.78. The second kappa shape index (κ2) is 14.1. The highest BCUT2D eigenvalue weighted by Crippen LogP contribution is 2.21. The molecule has 2 atom stereocenters. The van der Waals surface area contributed by atoms with Crippen molar-refractivity contribution in [3.05, 3.63) is 24.3 Å². The smallest absolute Gasteiger partial charge is 0.335 e. The molecule has 0 aromatic heterocycles. The molecular weight excluding hydrogens is 408 g/mol. The number of carbonyl (C=O) groups excluding carboxylic acids is 4. The molecule has 0 rings (SSSR count). The van der Waals surface area contributed by atoms with E-state index < -0.39 is 48.6 Å². The molecule has 158 valence electrons. The molecule has 0 radical (unpaired) electrons. The van der Waals surface area contributed by atoms with E-state index in [1.807, 2.05) is 0 Å². The van der Waals surface area contributed by atoms with Crippen LogP contribution in [0.3, 0.4) is 0 Å². The molecule has 0 saturated carbocycles. The van der Waals surface area contributed by atoms with Gasteiger partial charge < -0.3 is 18.9 Å². The minimum atomic E-state index is -0.626. The molecule has 0 aliphatic rings. The number of hydrogen-bond donors (Lipinski definition) is 0.